The quantitative estimate of drug-likeness (QED) is 0.895. The fraction of sp³-hybridized carbons (Fsp3) is 0.333. The van der Waals surface area contributed by atoms with E-state index >= 15 is 0 Å². The van der Waals surface area contributed by atoms with Crippen molar-refractivity contribution in [2.75, 3.05) is 0 Å². The lowest BCUT2D eigenvalue weighted by atomic mass is 9.92. The Morgan fingerprint density at radius 2 is 1.55 bits per heavy atom. The third-order valence-corrected chi connectivity index (χ3v) is 3.96. The molecular formula is C18H21NO. The standard InChI is InChI=1S/C18H21NO/c1-13(19)14-6-9-17(10-7-14)20-18-11-8-15-4-2-3-5-16(15)12-18/h6-13H,2-5,19H2,1H3. The third kappa shape index (κ3) is 2.86. The summed E-state index contributed by atoms with van der Waals surface area (Å²) in [5.41, 5.74) is 9.91. The molecule has 2 N–H and O–H groups in total. The molecule has 0 amide bonds. The minimum Gasteiger partial charge on any atom is -0.457 e. The Hall–Kier alpha value is -1.80. The number of hydrogen-bond acceptors (Lipinski definition) is 2. The minimum absolute atomic E-state index is 0.0628. The number of ether oxygens (including phenoxy) is 1. The summed E-state index contributed by atoms with van der Waals surface area (Å²) in [4.78, 5) is 0. The van der Waals surface area contributed by atoms with Crippen molar-refractivity contribution < 1.29 is 4.74 Å². The molecule has 3 rings (SSSR count). The molecule has 2 heteroatoms. The summed E-state index contributed by atoms with van der Waals surface area (Å²) in [6.45, 7) is 1.99. The van der Waals surface area contributed by atoms with Crippen LogP contribution in [0.3, 0.4) is 0 Å². The van der Waals surface area contributed by atoms with Gasteiger partial charge in [0.15, 0.2) is 0 Å². The lowest BCUT2D eigenvalue weighted by molar-refractivity contribution is 0.480. The average Bonchev–Trinajstić information content (AvgIpc) is 2.48. The van der Waals surface area contributed by atoms with Crippen LogP contribution >= 0.6 is 0 Å². The van der Waals surface area contributed by atoms with Crippen LogP contribution in [0.25, 0.3) is 0 Å². The normalized spacial score (nSPS) is 15.5. The molecule has 0 heterocycles. The Labute approximate surface area is 120 Å². The smallest absolute Gasteiger partial charge is 0.127 e. The summed E-state index contributed by atoms with van der Waals surface area (Å²) in [7, 11) is 0. The molecule has 2 aromatic rings. The summed E-state index contributed by atoms with van der Waals surface area (Å²) in [5, 5.41) is 0. The van der Waals surface area contributed by atoms with Crippen molar-refractivity contribution in [3.05, 3.63) is 59.2 Å². The van der Waals surface area contributed by atoms with Crippen molar-refractivity contribution in [2.24, 2.45) is 5.73 Å². The Morgan fingerprint density at radius 1 is 0.900 bits per heavy atom. The Kier molecular flexibility index (Phi) is 3.75. The van der Waals surface area contributed by atoms with E-state index in [9.17, 15) is 0 Å². The summed E-state index contributed by atoms with van der Waals surface area (Å²) in [6.07, 6.45) is 4.99. The first-order valence-corrected chi connectivity index (χ1v) is 7.37. The van der Waals surface area contributed by atoms with Crippen molar-refractivity contribution in [1.82, 2.24) is 0 Å². The van der Waals surface area contributed by atoms with Gasteiger partial charge in [0.1, 0.15) is 11.5 Å². The van der Waals surface area contributed by atoms with Crippen LogP contribution in [0.15, 0.2) is 42.5 Å². The molecule has 0 radical (unpaired) electrons. The van der Waals surface area contributed by atoms with Gasteiger partial charge in [-0.1, -0.05) is 18.2 Å². The second kappa shape index (κ2) is 5.68. The zero-order valence-electron chi connectivity index (χ0n) is 11.9. The molecular weight excluding hydrogens is 246 g/mol. The summed E-state index contributed by atoms with van der Waals surface area (Å²) >= 11 is 0. The first kappa shape index (κ1) is 13.2. The van der Waals surface area contributed by atoms with Gasteiger partial charge in [-0.05, 0) is 73.6 Å². The Morgan fingerprint density at radius 3 is 2.25 bits per heavy atom. The first-order valence-electron chi connectivity index (χ1n) is 7.37. The largest absolute Gasteiger partial charge is 0.457 e. The maximum absolute atomic E-state index is 5.94. The van der Waals surface area contributed by atoms with E-state index in [1.807, 2.05) is 31.2 Å². The topological polar surface area (TPSA) is 35.2 Å². The zero-order valence-corrected chi connectivity index (χ0v) is 11.9. The van der Waals surface area contributed by atoms with Crippen LogP contribution in [0.2, 0.25) is 0 Å². The monoisotopic (exact) mass is 267 g/mol. The predicted molar refractivity (Wildman–Crippen MR) is 82.2 cm³/mol. The molecule has 104 valence electrons. The van der Waals surface area contributed by atoms with E-state index < -0.39 is 0 Å². The van der Waals surface area contributed by atoms with E-state index in [1.54, 1.807) is 0 Å². The number of nitrogens with two attached hydrogens (primary N) is 1. The van der Waals surface area contributed by atoms with E-state index in [2.05, 4.69) is 18.2 Å². The molecule has 1 aliphatic carbocycles. The fourth-order valence-corrected chi connectivity index (χ4v) is 2.75. The summed E-state index contributed by atoms with van der Waals surface area (Å²) < 4.78 is 5.94. The van der Waals surface area contributed by atoms with Gasteiger partial charge in [-0.3, -0.25) is 0 Å². The van der Waals surface area contributed by atoms with Gasteiger partial charge in [0.25, 0.3) is 0 Å². The predicted octanol–water partition coefficient (Wildman–Crippen LogP) is 4.38. The lowest BCUT2D eigenvalue weighted by Gasteiger charge is -2.17. The summed E-state index contributed by atoms with van der Waals surface area (Å²) in [5.74, 6) is 1.80. The van der Waals surface area contributed by atoms with E-state index in [4.69, 9.17) is 10.5 Å². The van der Waals surface area contributed by atoms with Crippen LogP contribution < -0.4 is 10.5 Å². The summed E-state index contributed by atoms with van der Waals surface area (Å²) in [6, 6.07) is 14.6. The maximum atomic E-state index is 5.94. The van der Waals surface area contributed by atoms with Crippen molar-refractivity contribution >= 4 is 0 Å². The molecule has 2 aromatic carbocycles. The van der Waals surface area contributed by atoms with Gasteiger partial charge in [-0.15, -0.1) is 0 Å². The van der Waals surface area contributed by atoms with Crippen molar-refractivity contribution in [1.29, 1.82) is 0 Å². The van der Waals surface area contributed by atoms with Crippen molar-refractivity contribution in [2.45, 2.75) is 38.6 Å². The molecule has 0 bridgehead atoms. The molecule has 2 nitrogen and oxygen atoms in total. The van der Waals surface area contributed by atoms with E-state index in [0.29, 0.717) is 0 Å². The van der Waals surface area contributed by atoms with Crippen molar-refractivity contribution in [3.63, 3.8) is 0 Å². The minimum atomic E-state index is 0.0628. The number of benzene rings is 2. The van der Waals surface area contributed by atoms with Gasteiger partial charge in [0.2, 0.25) is 0 Å². The van der Waals surface area contributed by atoms with Crippen LogP contribution in [0, 0.1) is 0 Å². The molecule has 0 fully saturated rings. The molecule has 0 aromatic heterocycles. The van der Waals surface area contributed by atoms with Gasteiger partial charge >= 0.3 is 0 Å². The number of rotatable bonds is 3. The molecule has 20 heavy (non-hydrogen) atoms. The highest BCUT2D eigenvalue weighted by atomic mass is 16.5. The Balaban J connectivity index is 1.77. The molecule has 1 unspecified atom stereocenters. The van der Waals surface area contributed by atoms with Gasteiger partial charge in [0.05, 0.1) is 0 Å². The molecule has 1 atom stereocenters. The zero-order chi connectivity index (χ0) is 13.9. The highest BCUT2D eigenvalue weighted by Gasteiger charge is 2.10. The molecule has 0 saturated carbocycles. The lowest BCUT2D eigenvalue weighted by Crippen LogP contribution is -2.04. The highest BCUT2D eigenvalue weighted by molar-refractivity contribution is 5.40. The van der Waals surface area contributed by atoms with Crippen LogP contribution in [0.5, 0.6) is 11.5 Å². The van der Waals surface area contributed by atoms with E-state index in [1.165, 1.54) is 36.8 Å². The van der Waals surface area contributed by atoms with Gasteiger partial charge in [0, 0.05) is 6.04 Å². The third-order valence-electron chi connectivity index (χ3n) is 3.96. The highest BCUT2D eigenvalue weighted by Crippen LogP contribution is 2.28. The maximum Gasteiger partial charge on any atom is 0.127 e. The SMILES string of the molecule is CC(N)c1ccc(Oc2ccc3c(c2)CCCC3)cc1. The molecule has 0 spiro atoms. The van der Waals surface area contributed by atoms with E-state index in [-0.39, 0.29) is 6.04 Å². The van der Waals surface area contributed by atoms with Crippen LogP contribution in [-0.4, -0.2) is 0 Å². The molecule has 0 aliphatic heterocycles. The number of hydrogen-bond donors (Lipinski definition) is 1. The van der Waals surface area contributed by atoms with Crippen LogP contribution in [0.4, 0.5) is 0 Å². The first-order chi connectivity index (χ1) is 9.72. The fourth-order valence-electron chi connectivity index (χ4n) is 2.75. The Bertz CT molecular complexity index is 587. The molecule has 0 saturated heterocycles. The van der Waals surface area contributed by atoms with E-state index in [0.717, 1.165) is 17.1 Å². The van der Waals surface area contributed by atoms with Gasteiger partial charge in [-0.25, -0.2) is 0 Å². The molecule has 1 aliphatic rings. The van der Waals surface area contributed by atoms with Crippen LogP contribution in [0.1, 0.15) is 42.5 Å². The second-order valence-electron chi connectivity index (χ2n) is 5.60. The number of fused-ring (bicyclic) bond motifs is 1. The van der Waals surface area contributed by atoms with Gasteiger partial charge in [-0.2, -0.15) is 0 Å². The average molecular weight is 267 g/mol. The van der Waals surface area contributed by atoms with Crippen LogP contribution in [-0.2, 0) is 12.8 Å². The number of aryl methyl sites for hydroxylation is 2. The van der Waals surface area contributed by atoms with Crippen molar-refractivity contribution in [3.8, 4) is 11.5 Å². The second-order valence-corrected chi connectivity index (χ2v) is 5.60. The van der Waals surface area contributed by atoms with Gasteiger partial charge < -0.3 is 10.5 Å².